The topological polar surface area (TPSA) is 29.5 Å². The first kappa shape index (κ1) is 14.4. The number of aliphatic hydroxyl groups is 1. The van der Waals surface area contributed by atoms with Gasteiger partial charge in [-0.15, -0.1) is 0 Å². The number of ether oxygens (including phenoxy) is 1. The summed E-state index contributed by atoms with van der Waals surface area (Å²) in [6.45, 7) is 2.31. The molecule has 0 bridgehead atoms. The molecule has 0 spiro atoms. The van der Waals surface area contributed by atoms with Crippen molar-refractivity contribution in [1.29, 1.82) is 0 Å². The lowest BCUT2D eigenvalue weighted by Crippen LogP contribution is -2.19. The largest absolute Gasteiger partial charge is 0.496 e. The van der Waals surface area contributed by atoms with E-state index >= 15 is 0 Å². The highest BCUT2D eigenvalue weighted by molar-refractivity contribution is 5.91. The molecule has 0 saturated heterocycles. The first-order valence-corrected chi connectivity index (χ1v) is 7.94. The van der Waals surface area contributed by atoms with E-state index in [1.165, 1.54) is 12.8 Å². The minimum atomic E-state index is -0.367. The van der Waals surface area contributed by atoms with Gasteiger partial charge in [-0.25, -0.2) is 0 Å². The van der Waals surface area contributed by atoms with Gasteiger partial charge >= 0.3 is 0 Å². The van der Waals surface area contributed by atoms with Crippen LogP contribution in [0.15, 0.2) is 36.4 Å². The van der Waals surface area contributed by atoms with Crippen molar-refractivity contribution in [1.82, 2.24) is 0 Å². The van der Waals surface area contributed by atoms with Gasteiger partial charge in [0.15, 0.2) is 0 Å². The van der Waals surface area contributed by atoms with Crippen molar-refractivity contribution in [3.63, 3.8) is 0 Å². The molecule has 1 atom stereocenters. The molecule has 0 radical (unpaired) electrons. The van der Waals surface area contributed by atoms with Crippen molar-refractivity contribution in [3.8, 4) is 5.75 Å². The second kappa shape index (κ2) is 6.07. The fourth-order valence-corrected chi connectivity index (χ4v) is 3.59. The highest BCUT2D eigenvalue weighted by Crippen LogP contribution is 2.40. The molecule has 112 valence electrons. The van der Waals surface area contributed by atoms with Crippen molar-refractivity contribution < 1.29 is 9.84 Å². The Morgan fingerprint density at radius 3 is 2.33 bits per heavy atom. The Hall–Kier alpha value is -1.54. The molecular formula is C19H24O2. The second-order valence-electron chi connectivity index (χ2n) is 6.37. The SMILES string of the molecule is COc1ccc(C(O)C2CCC(C)CC2)c2ccccc12. The summed E-state index contributed by atoms with van der Waals surface area (Å²) in [6.07, 6.45) is 4.35. The van der Waals surface area contributed by atoms with Crippen LogP contribution in [0.4, 0.5) is 0 Å². The quantitative estimate of drug-likeness (QED) is 0.884. The molecule has 1 fully saturated rings. The zero-order chi connectivity index (χ0) is 14.8. The molecule has 1 aliphatic carbocycles. The summed E-state index contributed by atoms with van der Waals surface area (Å²) in [7, 11) is 1.69. The van der Waals surface area contributed by atoms with Gasteiger partial charge < -0.3 is 9.84 Å². The van der Waals surface area contributed by atoms with E-state index in [0.29, 0.717) is 5.92 Å². The molecular weight excluding hydrogens is 260 g/mol. The Kier molecular flexibility index (Phi) is 4.16. The number of rotatable bonds is 3. The number of benzene rings is 2. The van der Waals surface area contributed by atoms with Gasteiger partial charge in [0.25, 0.3) is 0 Å². The molecule has 0 aliphatic heterocycles. The van der Waals surface area contributed by atoms with Gasteiger partial charge in [0, 0.05) is 5.39 Å². The average Bonchev–Trinajstić information content (AvgIpc) is 2.54. The fraction of sp³-hybridized carbons (Fsp3) is 0.474. The fourth-order valence-electron chi connectivity index (χ4n) is 3.59. The minimum Gasteiger partial charge on any atom is -0.496 e. The summed E-state index contributed by atoms with van der Waals surface area (Å²) in [4.78, 5) is 0. The highest BCUT2D eigenvalue weighted by atomic mass is 16.5. The number of fused-ring (bicyclic) bond motifs is 1. The van der Waals surface area contributed by atoms with Gasteiger partial charge in [-0.3, -0.25) is 0 Å². The predicted molar refractivity (Wildman–Crippen MR) is 86.6 cm³/mol. The van der Waals surface area contributed by atoms with Crippen LogP contribution in [-0.2, 0) is 0 Å². The van der Waals surface area contributed by atoms with Crippen LogP contribution in [0.25, 0.3) is 10.8 Å². The zero-order valence-electron chi connectivity index (χ0n) is 12.9. The molecule has 2 heteroatoms. The Morgan fingerprint density at radius 1 is 1.00 bits per heavy atom. The molecule has 21 heavy (non-hydrogen) atoms. The molecule has 1 unspecified atom stereocenters. The summed E-state index contributed by atoms with van der Waals surface area (Å²) >= 11 is 0. The van der Waals surface area contributed by atoms with Gasteiger partial charge in [0.1, 0.15) is 5.75 Å². The van der Waals surface area contributed by atoms with Crippen molar-refractivity contribution in [3.05, 3.63) is 42.0 Å². The van der Waals surface area contributed by atoms with E-state index in [2.05, 4.69) is 19.1 Å². The first-order chi connectivity index (χ1) is 10.2. The summed E-state index contributed by atoms with van der Waals surface area (Å²) in [5.74, 6) is 2.07. The van der Waals surface area contributed by atoms with Crippen LogP contribution < -0.4 is 4.74 Å². The molecule has 0 amide bonds. The monoisotopic (exact) mass is 284 g/mol. The van der Waals surface area contributed by atoms with E-state index < -0.39 is 0 Å². The van der Waals surface area contributed by atoms with Gasteiger partial charge in [-0.05, 0) is 41.7 Å². The maximum absolute atomic E-state index is 10.9. The van der Waals surface area contributed by atoms with Crippen LogP contribution >= 0.6 is 0 Å². The number of aliphatic hydroxyl groups excluding tert-OH is 1. The standard InChI is InChI=1S/C19H24O2/c1-13-7-9-14(10-8-13)19(20)17-11-12-18(21-2)16-6-4-3-5-15(16)17/h3-6,11-14,19-20H,7-10H2,1-2H3. The molecule has 2 aromatic rings. The van der Waals surface area contributed by atoms with Gasteiger partial charge in [0.2, 0.25) is 0 Å². The molecule has 2 nitrogen and oxygen atoms in total. The highest BCUT2D eigenvalue weighted by Gasteiger charge is 2.27. The third-order valence-electron chi connectivity index (χ3n) is 4.96. The Labute approximate surface area is 126 Å². The Balaban J connectivity index is 1.96. The predicted octanol–water partition coefficient (Wildman–Crippen LogP) is 4.71. The number of hydrogen-bond donors (Lipinski definition) is 1. The van der Waals surface area contributed by atoms with Gasteiger partial charge in [-0.1, -0.05) is 50.1 Å². The first-order valence-electron chi connectivity index (χ1n) is 7.94. The zero-order valence-corrected chi connectivity index (χ0v) is 12.9. The van der Waals surface area contributed by atoms with Gasteiger partial charge in [-0.2, -0.15) is 0 Å². The van der Waals surface area contributed by atoms with Crippen LogP contribution in [0.3, 0.4) is 0 Å². The third-order valence-corrected chi connectivity index (χ3v) is 4.96. The van der Waals surface area contributed by atoms with Crippen molar-refractivity contribution in [2.75, 3.05) is 7.11 Å². The minimum absolute atomic E-state index is 0.367. The molecule has 0 aromatic heterocycles. The Morgan fingerprint density at radius 2 is 1.67 bits per heavy atom. The Bertz CT molecular complexity index is 612. The van der Waals surface area contributed by atoms with E-state index in [1.54, 1.807) is 7.11 Å². The number of hydrogen-bond acceptors (Lipinski definition) is 2. The maximum atomic E-state index is 10.9. The molecule has 1 aliphatic rings. The van der Waals surface area contributed by atoms with E-state index in [4.69, 9.17) is 4.74 Å². The van der Waals surface area contributed by atoms with Crippen molar-refractivity contribution >= 4 is 10.8 Å². The van der Waals surface area contributed by atoms with Gasteiger partial charge in [0.05, 0.1) is 13.2 Å². The van der Waals surface area contributed by atoms with E-state index in [0.717, 1.165) is 40.8 Å². The third kappa shape index (κ3) is 2.77. The van der Waals surface area contributed by atoms with Crippen LogP contribution in [-0.4, -0.2) is 12.2 Å². The van der Waals surface area contributed by atoms with Crippen LogP contribution in [0.1, 0.15) is 44.3 Å². The lowest BCUT2D eigenvalue weighted by Gasteiger charge is -2.30. The van der Waals surface area contributed by atoms with Crippen molar-refractivity contribution in [2.45, 2.75) is 38.7 Å². The van der Waals surface area contributed by atoms with E-state index in [-0.39, 0.29) is 6.10 Å². The average molecular weight is 284 g/mol. The van der Waals surface area contributed by atoms with Crippen LogP contribution in [0, 0.1) is 11.8 Å². The second-order valence-corrected chi connectivity index (χ2v) is 6.37. The normalized spacial score (nSPS) is 24.0. The smallest absolute Gasteiger partial charge is 0.126 e. The van der Waals surface area contributed by atoms with E-state index in [1.807, 2.05) is 24.3 Å². The molecule has 0 heterocycles. The molecule has 3 rings (SSSR count). The van der Waals surface area contributed by atoms with Crippen molar-refractivity contribution in [2.24, 2.45) is 11.8 Å². The summed E-state index contributed by atoms with van der Waals surface area (Å²) in [6, 6.07) is 12.2. The van der Waals surface area contributed by atoms with Crippen LogP contribution in [0.5, 0.6) is 5.75 Å². The summed E-state index contributed by atoms with van der Waals surface area (Å²) in [5, 5.41) is 13.1. The summed E-state index contributed by atoms with van der Waals surface area (Å²) in [5.41, 5.74) is 1.05. The lowest BCUT2D eigenvalue weighted by atomic mass is 9.78. The molecule has 1 saturated carbocycles. The van der Waals surface area contributed by atoms with E-state index in [9.17, 15) is 5.11 Å². The van der Waals surface area contributed by atoms with Crippen LogP contribution in [0.2, 0.25) is 0 Å². The summed E-state index contributed by atoms with van der Waals surface area (Å²) < 4.78 is 5.44. The molecule has 2 aromatic carbocycles. The number of methoxy groups -OCH3 is 1. The molecule has 1 N–H and O–H groups in total. The maximum Gasteiger partial charge on any atom is 0.126 e. The lowest BCUT2D eigenvalue weighted by molar-refractivity contribution is 0.0767.